The lowest BCUT2D eigenvalue weighted by atomic mass is 10.2. The van der Waals surface area contributed by atoms with Gasteiger partial charge in [-0.1, -0.05) is 0 Å². The average molecular weight is 325 g/mol. The van der Waals surface area contributed by atoms with E-state index in [0.717, 1.165) is 12.3 Å². The lowest BCUT2D eigenvalue weighted by molar-refractivity contribution is -0.137. The Hall–Kier alpha value is -2.51. The molecule has 8 heteroatoms. The van der Waals surface area contributed by atoms with E-state index in [-0.39, 0.29) is 11.9 Å². The molecule has 0 radical (unpaired) electrons. The number of pyridine rings is 1. The summed E-state index contributed by atoms with van der Waals surface area (Å²) in [4.78, 5) is 17.6. The van der Waals surface area contributed by atoms with E-state index in [1.54, 1.807) is 6.07 Å². The van der Waals surface area contributed by atoms with Crippen LogP contribution in [0, 0.1) is 0 Å². The summed E-state index contributed by atoms with van der Waals surface area (Å²) in [5.74, 6) is 0.240. The number of amides is 1. The van der Waals surface area contributed by atoms with Crippen molar-refractivity contribution in [1.29, 1.82) is 0 Å². The van der Waals surface area contributed by atoms with E-state index in [9.17, 15) is 18.0 Å². The maximum absolute atomic E-state index is 12.5. The van der Waals surface area contributed by atoms with Crippen molar-refractivity contribution in [3.63, 3.8) is 0 Å². The van der Waals surface area contributed by atoms with Gasteiger partial charge in [0.25, 0.3) is 5.91 Å². The maximum atomic E-state index is 12.5. The highest BCUT2D eigenvalue weighted by molar-refractivity contribution is 5.94. The highest BCUT2D eigenvalue weighted by atomic mass is 19.4. The summed E-state index contributed by atoms with van der Waals surface area (Å²) in [6, 6.07) is 3.85. The number of carbonyl (C=O) groups excluding carboxylic acids is 1. The molecule has 2 aromatic rings. The molecule has 122 valence electrons. The van der Waals surface area contributed by atoms with E-state index in [2.05, 4.69) is 10.3 Å². The monoisotopic (exact) mass is 325 g/mol. The van der Waals surface area contributed by atoms with Gasteiger partial charge in [-0.05, 0) is 24.6 Å². The zero-order valence-electron chi connectivity index (χ0n) is 12.0. The topological polar surface area (TPSA) is 58.4 Å². The predicted octanol–water partition coefficient (Wildman–Crippen LogP) is 2.70. The van der Waals surface area contributed by atoms with E-state index in [1.165, 1.54) is 18.6 Å². The first kappa shape index (κ1) is 15.4. The molecule has 0 unspecified atom stereocenters. The third kappa shape index (κ3) is 3.46. The van der Waals surface area contributed by atoms with Gasteiger partial charge in [0.05, 0.1) is 17.4 Å². The fourth-order valence-corrected chi connectivity index (χ4v) is 2.49. The zero-order valence-corrected chi connectivity index (χ0v) is 12.0. The summed E-state index contributed by atoms with van der Waals surface area (Å²) in [6.07, 6.45) is -0.0852. The molecule has 1 fully saturated rings. The van der Waals surface area contributed by atoms with Crippen molar-refractivity contribution in [3.8, 4) is 0 Å². The summed E-state index contributed by atoms with van der Waals surface area (Å²) < 4.78 is 42.4. The predicted molar refractivity (Wildman–Crippen MR) is 76.0 cm³/mol. The largest absolute Gasteiger partial charge is 0.472 e. The Morgan fingerprint density at radius 3 is 2.78 bits per heavy atom. The first-order valence-corrected chi connectivity index (χ1v) is 7.05. The minimum atomic E-state index is -4.39. The van der Waals surface area contributed by atoms with Crippen LogP contribution in [0.2, 0.25) is 0 Å². The number of aromatic nitrogens is 1. The van der Waals surface area contributed by atoms with Crippen LogP contribution in [0.1, 0.15) is 22.3 Å². The summed E-state index contributed by atoms with van der Waals surface area (Å²) in [5, 5.41) is 2.87. The maximum Gasteiger partial charge on any atom is 0.417 e. The molecule has 0 aliphatic carbocycles. The number of rotatable bonds is 3. The van der Waals surface area contributed by atoms with Gasteiger partial charge in [-0.3, -0.25) is 4.79 Å². The van der Waals surface area contributed by atoms with Crippen LogP contribution < -0.4 is 10.2 Å². The molecule has 1 aliphatic heterocycles. The SMILES string of the molecule is O=C(N[C@@H]1CCN(c2ccc(C(F)(F)F)cn2)C1)c1ccoc1. The van der Waals surface area contributed by atoms with Gasteiger partial charge in [0.1, 0.15) is 12.1 Å². The second-order valence-corrected chi connectivity index (χ2v) is 5.32. The number of hydrogen-bond donors (Lipinski definition) is 1. The molecule has 3 rings (SSSR count). The molecule has 1 atom stereocenters. The van der Waals surface area contributed by atoms with Crippen molar-refractivity contribution in [2.75, 3.05) is 18.0 Å². The molecule has 0 aromatic carbocycles. The molecule has 0 spiro atoms. The lowest BCUT2D eigenvalue weighted by Crippen LogP contribution is -2.37. The van der Waals surface area contributed by atoms with Gasteiger partial charge in [0, 0.05) is 25.3 Å². The smallest absolute Gasteiger partial charge is 0.417 e. The van der Waals surface area contributed by atoms with Gasteiger partial charge in [-0.2, -0.15) is 13.2 Å². The summed E-state index contributed by atoms with van der Waals surface area (Å²) in [5.41, 5.74) is -0.332. The molecule has 0 bridgehead atoms. The van der Waals surface area contributed by atoms with Crippen molar-refractivity contribution >= 4 is 11.7 Å². The van der Waals surface area contributed by atoms with Crippen molar-refractivity contribution in [1.82, 2.24) is 10.3 Å². The van der Waals surface area contributed by atoms with Gasteiger partial charge in [0.15, 0.2) is 0 Å². The number of halogens is 3. The molecule has 23 heavy (non-hydrogen) atoms. The van der Waals surface area contributed by atoms with Crippen LogP contribution in [0.5, 0.6) is 0 Å². The molecule has 2 aromatic heterocycles. The fraction of sp³-hybridized carbons (Fsp3) is 0.333. The van der Waals surface area contributed by atoms with Gasteiger partial charge >= 0.3 is 6.18 Å². The minimum Gasteiger partial charge on any atom is -0.472 e. The van der Waals surface area contributed by atoms with Crippen LogP contribution in [0.25, 0.3) is 0 Å². The molecule has 3 heterocycles. The van der Waals surface area contributed by atoms with Crippen LogP contribution in [0.15, 0.2) is 41.3 Å². The minimum absolute atomic E-state index is 0.0820. The fourth-order valence-electron chi connectivity index (χ4n) is 2.49. The Morgan fingerprint density at radius 2 is 2.17 bits per heavy atom. The number of hydrogen-bond acceptors (Lipinski definition) is 4. The molecule has 1 aliphatic rings. The number of furan rings is 1. The molecule has 1 saturated heterocycles. The van der Waals surface area contributed by atoms with Crippen LogP contribution >= 0.6 is 0 Å². The third-order valence-corrected chi connectivity index (χ3v) is 3.71. The Kier molecular flexibility index (Phi) is 3.97. The second kappa shape index (κ2) is 5.94. The third-order valence-electron chi connectivity index (χ3n) is 3.71. The molecule has 1 N–H and O–H groups in total. The summed E-state index contributed by atoms with van der Waals surface area (Å²) >= 11 is 0. The standard InChI is InChI=1S/C15H14F3N3O2/c16-15(17,18)11-1-2-13(19-7-11)21-5-3-12(8-21)20-14(22)10-4-6-23-9-10/h1-2,4,6-7,9,12H,3,5,8H2,(H,20,22)/t12-/m1/s1. The number of anilines is 1. The summed E-state index contributed by atoms with van der Waals surface area (Å²) in [7, 11) is 0. The van der Waals surface area contributed by atoms with E-state index >= 15 is 0 Å². The van der Waals surface area contributed by atoms with Gasteiger partial charge < -0.3 is 14.6 Å². The van der Waals surface area contributed by atoms with Crippen LogP contribution in [0.3, 0.4) is 0 Å². The highest BCUT2D eigenvalue weighted by Crippen LogP contribution is 2.29. The lowest BCUT2D eigenvalue weighted by Gasteiger charge is -2.18. The van der Waals surface area contributed by atoms with Gasteiger partial charge in [-0.15, -0.1) is 0 Å². The number of nitrogens with zero attached hydrogens (tertiary/aromatic N) is 2. The Bertz CT molecular complexity index is 668. The first-order valence-electron chi connectivity index (χ1n) is 7.05. The summed E-state index contributed by atoms with van der Waals surface area (Å²) in [6.45, 7) is 1.12. The van der Waals surface area contributed by atoms with Gasteiger partial charge in [0.2, 0.25) is 0 Å². The normalized spacial score (nSPS) is 18.2. The van der Waals surface area contributed by atoms with Crippen LogP contribution in [-0.4, -0.2) is 30.0 Å². The van der Waals surface area contributed by atoms with Gasteiger partial charge in [-0.25, -0.2) is 4.98 Å². The van der Waals surface area contributed by atoms with E-state index < -0.39 is 11.7 Å². The molecular formula is C15H14F3N3O2. The molecule has 0 saturated carbocycles. The molecular weight excluding hydrogens is 311 g/mol. The van der Waals surface area contributed by atoms with Crippen molar-refractivity contribution in [2.24, 2.45) is 0 Å². The van der Waals surface area contributed by atoms with Crippen LogP contribution in [0.4, 0.5) is 19.0 Å². The van der Waals surface area contributed by atoms with Crippen molar-refractivity contribution < 1.29 is 22.4 Å². The second-order valence-electron chi connectivity index (χ2n) is 5.32. The highest BCUT2D eigenvalue weighted by Gasteiger charge is 2.31. The van der Waals surface area contributed by atoms with Crippen molar-refractivity contribution in [2.45, 2.75) is 18.6 Å². The number of carbonyl (C=O) groups is 1. The first-order chi connectivity index (χ1) is 10.9. The zero-order chi connectivity index (χ0) is 16.4. The number of alkyl halides is 3. The van der Waals surface area contributed by atoms with Crippen LogP contribution in [-0.2, 0) is 6.18 Å². The quantitative estimate of drug-likeness (QED) is 0.943. The van der Waals surface area contributed by atoms with E-state index in [1.807, 2.05) is 4.90 Å². The average Bonchev–Trinajstić information content (AvgIpc) is 3.18. The molecule has 5 nitrogen and oxygen atoms in total. The van der Waals surface area contributed by atoms with Crippen molar-refractivity contribution in [3.05, 3.63) is 48.0 Å². The number of nitrogens with one attached hydrogen (secondary N) is 1. The molecule has 1 amide bonds. The van der Waals surface area contributed by atoms with E-state index in [4.69, 9.17) is 4.42 Å². The Balaban J connectivity index is 1.60. The van der Waals surface area contributed by atoms with E-state index in [0.29, 0.717) is 30.9 Å². The Morgan fingerprint density at radius 1 is 1.35 bits per heavy atom. The Labute approximate surface area is 130 Å².